The fourth-order valence-corrected chi connectivity index (χ4v) is 0.522. The number of carboxylic acid groups (broad SMARTS) is 1. The molecule has 0 unspecified atom stereocenters. The third-order valence-corrected chi connectivity index (χ3v) is 1.26. The first kappa shape index (κ1) is 12.5. The molecule has 0 aliphatic carbocycles. The number of aliphatic hydroxyl groups is 1. The molecule has 0 saturated carbocycles. The summed E-state index contributed by atoms with van der Waals surface area (Å²) < 4.78 is 4.13. The van der Waals surface area contributed by atoms with Gasteiger partial charge in [0.05, 0.1) is 19.4 Å². The van der Waals surface area contributed by atoms with Gasteiger partial charge in [-0.2, -0.15) is 0 Å². The van der Waals surface area contributed by atoms with Gasteiger partial charge in [0, 0.05) is 0 Å². The minimum atomic E-state index is -1.27. The Morgan fingerprint density at radius 2 is 1.86 bits per heavy atom. The van der Waals surface area contributed by atoms with E-state index in [4.69, 9.17) is 15.9 Å². The number of ether oxygens (including phenoxy) is 1. The molecule has 0 aromatic heterocycles. The molecule has 0 aromatic carbocycles. The molecule has 0 bridgehead atoms. The van der Waals surface area contributed by atoms with E-state index in [-0.39, 0.29) is 0 Å². The number of rotatable bonds is 5. The first-order valence-corrected chi connectivity index (χ1v) is 3.80. The van der Waals surface area contributed by atoms with Crippen molar-refractivity contribution < 1.29 is 29.3 Å². The monoisotopic (exact) mass is 205 g/mol. The number of hydrogen-bond acceptors (Lipinski definition) is 6. The van der Waals surface area contributed by atoms with E-state index in [1.165, 1.54) is 0 Å². The average Bonchev–Trinajstić information content (AvgIpc) is 2.13. The minimum absolute atomic E-state index is 0.404. The predicted molar refractivity (Wildman–Crippen MR) is 43.0 cm³/mol. The number of aliphatic carboxylic acids is 1. The molecule has 0 aromatic rings. The van der Waals surface area contributed by atoms with Gasteiger partial charge < -0.3 is 20.7 Å². The van der Waals surface area contributed by atoms with E-state index < -0.39 is 43.4 Å². The molecule has 4 N–H and O–H groups in total. The quantitative estimate of drug-likeness (QED) is 0.358. The number of carbonyl (C=O) groups excluding carboxylic acids is 2. The van der Waals surface area contributed by atoms with Crippen molar-refractivity contribution in [3.05, 3.63) is 0 Å². The molecule has 0 amide bonds. The second-order valence-electron chi connectivity index (χ2n) is 2.48. The van der Waals surface area contributed by atoms with Crippen molar-refractivity contribution in [2.75, 3.05) is 6.61 Å². The van der Waals surface area contributed by atoms with Gasteiger partial charge >= 0.3 is 17.9 Å². The van der Waals surface area contributed by atoms with Crippen LogP contribution < -0.4 is 5.73 Å². The summed E-state index contributed by atoms with van der Waals surface area (Å²) in [6.45, 7) is -0.634. The van der Waals surface area contributed by atoms with Gasteiger partial charge in [-0.15, -0.1) is 0 Å². The lowest BCUT2D eigenvalue weighted by Crippen LogP contribution is -2.36. The van der Waals surface area contributed by atoms with E-state index in [0.29, 0.717) is 0 Å². The Morgan fingerprint density at radius 3 is 2.29 bits per heavy atom. The van der Waals surface area contributed by atoms with Gasteiger partial charge in [0.2, 0.25) is 0 Å². The summed E-state index contributed by atoms with van der Waals surface area (Å²) in [6.07, 6.45) is -0.820. The summed E-state index contributed by atoms with van der Waals surface area (Å²) in [4.78, 5) is 31.5. The van der Waals surface area contributed by atoms with Crippen LogP contribution in [0.15, 0.2) is 0 Å². The summed E-state index contributed by atoms with van der Waals surface area (Å²) in [7, 11) is 0. The molecular weight excluding hydrogens is 194 g/mol. The maximum Gasteiger partial charge on any atom is 0.332 e. The lowest BCUT2D eigenvalue weighted by Gasteiger charge is -2.06. The van der Waals surface area contributed by atoms with Crippen molar-refractivity contribution in [2.24, 2.45) is 5.73 Å². The van der Waals surface area contributed by atoms with Crippen LogP contribution in [-0.4, -0.2) is 40.8 Å². The standard InChI is InChI=1S/C7H11NO6/c8-4(3-9)7(13)14-6(12)2-1-5(10)11/h4,9H,1-3,8H2,(H,10,11)/t4-/m0/s1. The molecule has 0 aliphatic rings. The maximum absolute atomic E-state index is 10.8. The van der Waals surface area contributed by atoms with Gasteiger partial charge in [0.15, 0.2) is 0 Å². The van der Waals surface area contributed by atoms with Crippen LogP contribution in [0.4, 0.5) is 0 Å². The van der Waals surface area contributed by atoms with E-state index in [9.17, 15) is 14.4 Å². The smallest absolute Gasteiger partial charge is 0.332 e. The Bertz CT molecular complexity index is 238. The summed E-state index contributed by atoms with van der Waals surface area (Å²) in [5, 5.41) is 16.6. The lowest BCUT2D eigenvalue weighted by atomic mass is 10.3. The number of esters is 2. The highest BCUT2D eigenvalue weighted by Gasteiger charge is 2.18. The largest absolute Gasteiger partial charge is 0.481 e. The molecular formula is C7H11NO6. The van der Waals surface area contributed by atoms with Crippen LogP contribution >= 0.6 is 0 Å². The number of aliphatic hydroxyl groups excluding tert-OH is 1. The van der Waals surface area contributed by atoms with Crippen molar-refractivity contribution in [3.8, 4) is 0 Å². The predicted octanol–water partition coefficient (Wildman–Crippen LogP) is -1.76. The highest BCUT2D eigenvalue weighted by Crippen LogP contribution is 1.94. The van der Waals surface area contributed by atoms with Crippen molar-refractivity contribution in [3.63, 3.8) is 0 Å². The molecule has 0 heterocycles. The number of hydrogen-bond donors (Lipinski definition) is 3. The third kappa shape index (κ3) is 5.22. The SMILES string of the molecule is N[C@@H](CO)C(=O)OC(=O)CCC(=O)O. The van der Waals surface area contributed by atoms with E-state index in [2.05, 4.69) is 4.74 Å². The second kappa shape index (κ2) is 6.06. The highest BCUT2D eigenvalue weighted by molar-refractivity contribution is 5.89. The van der Waals surface area contributed by atoms with Crippen LogP contribution in [0.3, 0.4) is 0 Å². The zero-order chi connectivity index (χ0) is 11.1. The van der Waals surface area contributed by atoms with Crippen LogP contribution in [0, 0.1) is 0 Å². The van der Waals surface area contributed by atoms with E-state index in [1.807, 2.05) is 0 Å². The lowest BCUT2D eigenvalue weighted by molar-refractivity contribution is -0.162. The highest BCUT2D eigenvalue weighted by atomic mass is 16.6. The van der Waals surface area contributed by atoms with Crippen LogP contribution in [0.25, 0.3) is 0 Å². The molecule has 0 fully saturated rings. The zero-order valence-electron chi connectivity index (χ0n) is 7.30. The van der Waals surface area contributed by atoms with Gasteiger partial charge in [-0.25, -0.2) is 4.79 Å². The van der Waals surface area contributed by atoms with Gasteiger partial charge in [-0.1, -0.05) is 0 Å². The van der Waals surface area contributed by atoms with Crippen molar-refractivity contribution >= 4 is 17.9 Å². The number of carboxylic acids is 1. The molecule has 14 heavy (non-hydrogen) atoms. The van der Waals surface area contributed by atoms with Crippen LogP contribution in [-0.2, 0) is 19.1 Å². The molecule has 7 heteroatoms. The molecule has 0 aliphatic heterocycles. The van der Waals surface area contributed by atoms with E-state index >= 15 is 0 Å². The maximum atomic E-state index is 10.8. The molecule has 0 spiro atoms. The van der Waals surface area contributed by atoms with E-state index in [1.54, 1.807) is 0 Å². The molecule has 0 rings (SSSR count). The number of nitrogens with two attached hydrogens (primary N) is 1. The van der Waals surface area contributed by atoms with Crippen molar-refractivity contribution in [2.45, 2.75) is 18.9 Å². The summed E-state index contributed by atoms with van der Waals surface area (Å²) in [5.41, 5.74) is 5.03. The molecule has 0 saturated heterocycles. The first-order valence-electron chi connectivity index (χ1n) is 3.80. The summed E-state index contributed by atoms with van der Waals surface area (Å²) in [5.74, 6) is -3.20. The fourth-order valence-electron chi connectivity index (χ4n) is 0.522. The Morgan fingerprint density at radius 1 is 1.29 bits per heavy atom. The van der Waals surface area contributed by atoms with Crippen LogP contribution in [0.5, 0.6) is 0 Å². The second-order valence-corrected chi connectivity index (χ2v) is 2.48. The van der Waals surface area contributed by atoms with Gasteiger partial charge in [0.1, 0.15) is 6.04 Å². The fraction of sp³-hybridized carbons (Fsp3) is 0.571. The van der Waals surface area contributed by atoms with Crippen LogP contribution in [0.1, 0.15) is 12.8 Å². The summed E-state index contributed by atoms with van der Waals surface area (Å²) in [6, 6.07) is -1.27. The van der Waals surface area contributed by atoms with Crippen molar-refractivity contribution in [1.82, 2.24) is 0 Å². The van der Waals surface area contributed by atoms with Gasteiger partial charge in [-0.3, -0.25) is 9.59 Å². The van der Waals surface area contributed by atoms with Crippen LogP contribution in [0.2, 0.25) is 0 Å². The first-order chi connectivity index (χ1) is 6.47. The molecule has 80 valence electrons. The van der Waals surface area contributed by atoms with Gasteiger partial charge in [0.25, 0.3) is 0 Å². The molecule has 1 atom stereocenters. The van der Waals surface area contributed by atoms with E-state index in [0.717, 1.165) is 0 Å². The molecule has 7 nitrogen and oxygen atoms in total. The van der Waals surface area contributed by atoms with Gasteiger partial charge in [-0.05, 0) is 0 Å². The molecule has 0 radical (unpaired) electrons. The normalized spacial score (nSPS) is 11.9. The van der Waals surface area contributed by atoms with Crippen molar-refractivity contribution in [1.29, 1.82) is 0 Å². The Kier molecular flexibility index (Phi) is 5.42. The topological polar surface area (TPSA) is 127 Å². The zero-order valence-corrected chi connectivity index (χ0v) is 7.30. The summed E-state index contributed by atoms with van der Waals surface area (Å²) >= 11 is 0. The Balaban J connectivity index is 3.83. The Labute approximate surface area is 79.5 Å². The minimum Gasteiger partial charge on any atom is -0.481 e. The third-order valence-electron chi connectivity index (χ3n) is 1.26. The average molecular weight is 205 g/mol. The Hall–Kier alpha value is -1.47. The number of carbonyl (C=O) groups is 3.